The summed E-state index contributed by atoms with van der Waals surface area (Å²) in [6.45, 7) is 0. The van der Waals surface area contributed by atoms with Gasteiger partial charge in [-0.15, -0.1) is 0 Å². The van der Waals surface area contributed by atoms with Gasteiger partial charge in [-0.05, 0) is 0 Å². The van der Waals surface area contributed by atoms with Crippen LogP contribution < -0.4 is 11.5 Å². The molecule has 0 fully saturated rings. The van der Waals surface area contributed by atoms with Gasteiger partial charge in [0, 0.05) is 6.20 Å². The Labute approximate surface area is 62.4 Å². The number of nitrogens with two attached hydrogens (primary N) is 2. The summed E-state index contributed by atoms with van der Waals surface area (Å²) in [5, 5.41) is 0. The molecule has 6 nitrogen and oxygen atoms in total. The Hall–Kier alpha value is -1.72. The van der Waals surface area contributed by atoms with E-state index in [9.17, 15) is 9.59 Å². The molecule has 60 valence electrons. The van der Waals surface area contributed by atoms with Crippen molar-refractivity contribution >= 4 is 11.9 Å². The molecule has 0 aliphatic carbocycles. The highest BCUT2D eigenvalue weighted by Crippen LogP contribution is 2.09. The number of hydrogen-bond donors (Lipinski definition) is 2. The van der Waals surface area contributed by atoms with E-state index in [0.29, 0.717) is 0 Å². The quantitative estimate of drug-likeness (QED) is 0.493. The van der Waals surface area contributed by atoms with E-state index >= 15 is 0 Å². The first kappa shape index (κ1) is 7.39. The van der Waals surface area contributed by atoms with Crippen molar-refractivity contribution < 1.29 is 14.3 Å². The van der Waals surface area contributed by atoms with Crippen LogP contribution in [0.3, 0.4) is 0 Å². The minimum Gasteiger partial charge on any atom is -0.467 e. The van der Waals surface area contributed by atoms with Gasteiger partial charge in [-0.25, -0.2) is 4.79 Å². The first-order valence-electron chi connectivity index (χ1n) is 2.82. The topological polar surface area (TPSA) is 98.7 Å². The van der Waals surface area contributed by atoms with Crippen molar-refractivity contribution in [2.75, 3.05) is 0 Å². The van der Waals surface area contributed by atoms with Gasteiger partial charge in [0.1, 0.15) is 6.26 Å². The number of amides is 3. The predicted molar refractivity (Wildman–Crippen MR) is 34.6 cm³/mol. The van der Waals surface area contributed by atoms with Crippen LogP contribution in [0.15, 0.2) is 12.5 Å². The van der Waals surface area contributed by atoms with Crippen LogP contribution in [0.1, 0.15) is 0 Å². The second-order valence-electron chi connectivity index (χ2n) is 1.92. The maximum atomic E-state index is 10.5. The molecule has 0 spiro atoms. The number of nitrogens with zero attached hydrogens (tertiary/aromatic N) is 1. The van der Waals surface area contributed by atoms with Gasteiger partial charge in [-0.1, -0.05) is 0 Å². The summed E-state index contributed by atoms with van der Waals surface area (Å²) in [6, 6.07) is -0.775. The van der Waals surface area contributed by atoms with E-state index in [2.05, 4.69) is 4.74 Å². The lowest BCUT2D eigenvalue weighted by atomic mass is 10.5. The van der Waals surface area contributed by atoms with Crippen LogP contribution in [0.5, 0.6) is 0 Å². The maximum Gasteiger partial charge on any atom is 0.322 e. The fourth-order valence-corrected chi connectivity index (χ4v) is 0.712. The number of carbonyl (C=O) groups excluding carboxylic acids is 2. The molecule has 11 heavy (non-hydrogen) atoms. The highest BCUT2D eigenvalue weighted by atomic mass is 16.5. The first-order valence-corrected chi connectivity index (χ1v) is 2.82. The molecule has 0 aromatic heterocycles. The molecule has 1 heterocycles. The zero-order valence-electron chi connectivity index (χ0n) is 5.56. The van der Waals surface area contributed by atoms with Crippen molar-refractivity contribution in [2.45, 2.75) is 6.23 Å². The van der Waals surface area contributed by atoms with Gasteiger partial charge in [-0.2, -0.15) is 0 Å². The number of urea groups is 1. The van der Waals surface area contributed by atoms with Gasteiger partial charge in [0.05, 0.1) is 0 Å². The van der Waals surface area contributed by atoms with E-state index in [-0.39, 0.29) is 0 Å². The fourth-order valence-electron chi connectivity index (χ4n) is 0.712. The molecule has 1 unspecified atom stereocenters. The summed E-state index contributed by atoms with van der Waals surface area (Å²) >= 11 is 0. The monoisotopic (exact) mass is 157 g/mol. The molecule has 3 amide bonds. The van der Waals surface area contributed by atoms with Gasteiger partial charge in [0.15, 0.2) is 0 Å². The average Bonchev–Trinajstić information content (AvgIpc) is 2.32. The molecule has 6 heteroatoms. The lowest BCUT2D eigenvalue weighted by Crippen LogP contribution is -2.45. The number of primary amides is 2. The molecule has 1 rings (SSSR count). The first-order chi connectivity index (χ1) is 5.13. The van der Waals surface area contributed by atoms with Gasteiger partial charge < -0.3 is 16.2 Å². The molecule has 0 bridgehead atoms. The molecule has 0 aromatic carbocycles. The van der Waals surface area contributed by atoms with Crippen molar-refractivity contribution in [2.24, 2.45) is 11.5 Å². The standard InChI is InChI=1S/C5H7N3O3/c6-3(9)4-8(5(7)10)1-2-11-4/h1-2,4H,(H2,6,9)(H2,7,10). The van der Waals surface area contributed by atoms with E-state index in [0.717, 1.165) is 4.90 Å². The van der Waals surface area contributed by atoms with Crippen LogP contribution in [-0.4, -0.2) is 23.1 Å². The predicted octanol–water partition coefficient (Wildman–Crippen LogP) is -1.32. The molecule has 0 saturated carbocycles. The Morgan fingerprint density at radius 1 is 1.45 bits per heavy atom. The van der Waals surface area contributed by atoms with E-state index in [4.69, 9.17) is 11.5 Å². The van der Waals surface area contributed by atoms with Crippen molar-refractivity contribution in [3.63, 3.8) is 0 Å². The van der Waals surface area contributed by atoms with Crippen molar-refractivity contribution in [3.05, 3.63) is 12.5 Å². The normalized spacial score (nSPS) is 21.5. The minimum absolute atomic E-state index is 0.756. The van der Waals surface area contributed by atoms with Crippen molar-refractivity contribution in [3.8, 4) is 0 Å². The second-order valence-corrected chi connectivity index (χ2v) is 1.92. The minimum atomic E-state index is -1.09. The summed E-state index contributed by atoms with van der Waals surface area (Å²) in [6.07, 6.45) is 1.34. The van der Waals surface area contributed by atoms with E-state index < -0.39 is 18.2 Å². The van der Waals surface area contributed by atoms with E-state index in [1.165, 1.54) is 12.5 Å². The van der Waals surface area contributed by atoms with Crippen molar-refractivity contribution in [1.29, 1.82) is 0 Å². The number of rotatable bonds is 1. The van der Waals surface area contributed by atoms with Crippen molar-refractivity contribution in [1.82, 2.24) is 4.90 Å². The van der Waals surface area contributed by atoms with Crippen LogP contribution in [-0.2, 0) is 9.53 Å². The van der Waals surface area contributed by atoms with Crippen LogP contribution >= 0.6 is 0 Å². The van der Waals surface area contributed by atoms with Gasteiger partial charge >= 0.3 is 6.03 Å². The third kappa shape index (κ3) is 1.23. The maximum absolute atomic E-state index is 10.5. The van der Waals surface area contributed by atoms with Crippen LogP contribution in [0.25, 0.3) is 0 Å². The zero-order chi connectivity index (χ0) is 8.43. The summed E-state index contributed by atoms with van der Waals surface area (Å²) in [5.41, 5.74) is 9.75. The Morgan fingerprint density at radius 2 is 2.09 bits per heavy atom. The highest BCUT2D eigenvalue weighted by molar-refractivity contribution is 5.85. The lowest BCUT2D eigenvalue weighted by molar-refractivity contribution is -0.130. The molecule has 4 N–H and O–H groups in total. The third-order valence-corrected chi connectivity index (χ3v) is 1.18. The van der Waals surface area contributed by atoms with E-state index in [1.54, 1.807) is 0 Å². The fraction of sp³-hybridized carbons (Fsp3) is 0.200. The zero-order valence-corrected chi connectivity index (χ0v) is 5.56. The SMILES string of the molecule is NC(=O)C1OC=CN1C(N)=O. The number of carbonyl (C=O) groups is 2. The summed E-state index contributed by atoms with van der Waals surface area (Å²) in [4.78, 5) is 22.0. The van der Waals surface area contributed by atoms with Gasteiger partial charge in [0.25, 0.3) is 12.1 Å². The van der Waals surface area contributed by atoms with Crippen LogP contribution in [0.4, 0.5) is 4.79 Å². The Kier molecular flexibility index (Phi) is 1.67. The van der Waals surface area contributed by atoms with E-state index in [1.807, 2.05) is 0 Å². The molecule has 0 aromatic rings. The molecule has 1 aliphatic heterocycles. The number of ether oxygens (including phenoxy) is 1. The van der Waals surface area contributed by atoms with Crippen LogP contribution in [0.2, 0.25) is 0 Å². The van der Waals surface area contributed by atoms with Crippen LogP contribution in [0, 0.1) is 0 Å². The second kappa shape index (κ2) is 2.49. The molecule has 0 saturated heterocycles. The molecular weight excluding hydrogens is 150 g/mol. The lowest BCUT2D eigenvalue weighted by Gasteiger charge is -2.16. The average molecular weight is 157 g/mol. The Morgan fingerprint density at radius 3 is 2.45 bits per heavy atom. The smallest absolute Gasteiger partial charge is 0.322 e. The molecule has 1 atom stereocenters. The third-order valence-electron chi connectivity index (χ3n) is 1.18. The molecule has 1 aliphatic rings. The Bertz CT molecular complexity index is 225. The van der Waals surface area contributed by atoms with Gasteiger partial charge in [0.2, 0.25) is 0 Å². The molecule has 0 radical (unpaired) electrons. The highest BCUT2D eigenvalue weighted by Gasteiger charge is 2.29. The van der Waals surface area contributed by atoms with Gasteiger partial charge in [-0.3, -0.25) is 9.69 Å². The largest absolute Gasteiger partial charge is 0.467 e. The molecular formula is C5H7N3O3. The number of hydrogen-bond acceptors (Lipinski definition) is 3. The summed E-state index contributed by atoms with van der Waals surface area (Å²) < 4.78 is 4.66. The summed E-state index contributed by atoms with van der Waals surface area (Å²) in [5.74, 6) is -0.756. The summed E-state index contributed by atoms with van der Waals surface area (Å²) in [7, 11) is 0. The Balaban J connectivity index is 2.71.